The summed E-state index contributed by atoms with van der Waals surface area (Å²) in [5.74, 6) is -0.316. The van der Waals surface area contributed by atoms with Gasteiger partial charge in [0.1, 0.15) is 19.3 Å². The molecule has 8 nitrogen and oxygen atoms in total. The summed E-state index contributed by atoms with van der Waals surface area (Å²) in [6.45, 7) is 5.51. The molecule has 0 rings (SSSR count). The molecule has 0 bridgehead atoms. The molecule has 1 N–H and O–H groups in total. The molecule has 0 aliphatic heterocycles. The van der Waals surface area contributed by atoms with Gasteiger partial charge >= 0.3 is 13.8 Å². The first-order valence-electron chi connectivity index (χ1n) is 23.9. The molecule has 0 amide bonds. The van der Waals surface area contributed by atoms with Gasteiger partial charge in [-0.15, -0.1) is 0 Å². The zero-order valence-corrected chi connectivity index (χ0v) is 39.4. The van der Waals surface area contributed by atoms with Gasteiger partial charge in [-0.1, -0.05) is 191 Å². The largest absolute Gasteiger partial charge is 0.472 e. The minimum atomic E-state index is -4.27. The number of phosphoric acid groups is 1. The molecule has 0 heterocycles. The van der Waals surface area contributed by atoms with E-state index in [0.29, 0.717) is 24.1 Å². The van der Waals surface area contributed by atoms with Crippen LogP contribution in [-0.4, -0.2) is 75.6 Å². The zero-order chi connectivity index (χ0) is 42.7. The first kappa shape index (κ1) is 56.5. The van der Waals surface area contributed by atoms with Crippen molar-refractivity contribution in [1.29, 1.82) is 0 Å². The van der Waals surface area contributed by atoms with Crippen LogP contribution in [0.2, 0.25) is 0 Å². The number of allylic oxidation sites excluding steroid dienone is 8. The number of hydrogen-bond acceptors (Lipinski definition) is 6. The molecule has 2 atom stereocenters. The molecule has 0 aliphatic carbocycles. The van der Waals surface area contributed by atoms with Crippen LogP contribution in [-0.2, 0) is 27.9 Å². The Balaban J connectivity index is 4.02. The van der Waals surface area contributed by atoms with Crippen molar-refractivity contribution in [1.82, 2.24) is 0 Å². The molecule has 0 saturated heterocycles. The summed E-state index contributed by atoms with van der Waals surface area (Å²) in [6, 6.07) is 0. The number of hydrogen-bond donors (Lipinski definition) is 1. The summed E-state index contributed by atoms with van der Waals surface area (Å²) in [5, 5.41) is 0. The molecule has 0 aromatic rings. The molecular weight excluding hydrogens is 746 g/mol. The van der Waals surface area contributed by atoms with Crippen molar-refractivity contribution in [2.45, 2.75) is 206 Å². The zero-order valence-electron chi connectivity index (χ0n) is 38.5. The predicted molar refractivity (Wildman–Crippen MR) is 247 cm³/mol. The Morgan fingerprint density at radius 1 is 0.552 bits per heavy atom. The van der Waals surface area contributed by atoms with Gasteiger partial charge in [-0.05, 0) is 51.4 Å². The lowest BCUT2D eigenvalue weighted by molar-refractivity contribution is -0.870. The highest BCUT2D eigenvalue weighted by molar-refractivity contribution is 7.47. The number of unbranched alkanes of at least 4 members (excludes halogenated alkanes) is 22. The summed E-state index contributed by atoms with van der Waals surface area (Å²) in [7, 11) is 1.67. The quantitative estimate of drug-likeness (QED) is 0.0215. The van der Waals surface area contributed by atoms with Gasteiger partial charge in [-0.2, -0.15) is 0 Å². The molecule has 0 aliphatic rings. The lowest BCUT2D eigenvalue weighted by Crippen LogP contribution is -2.37. The van der Waals surface area contributed by atoms with E-state index in [1.54, 1.807) is 0 Å². The first-order chi connectivity index (χ1) is 28.1. The average molecular weight is 839 g/mol. The van der Waals surface area contributed by atoms with Crippen molar-refractivity contribution in [2.24, 2.45) is 0 Å². The number of rotatable bonds is 44. The van der Waals surface area contributed by atoms with Gasteiger partial charge in [0.25, 0.3) is 0 Å². The Kier molecular flexibility index (Phi) is 41.0. The molecule has 9 heteroatoms. The van der Waals surface area contributed by atoms with E-state index in [2.05, 4.69) is 62.5 Å². The van der Waals surface area contributed by atoms with Crippen LogP contribution >= 0.6 is 7.82 Å². The van der Waals surface area contributed by atoms with Crippen LogP contribution < -0.4 is 0 Å². The molecule has 0 fully saturated rings. The van der Waals surface area contributed by atoms with Crippen LogP contribution in [0.15, 0.2) is 48.6 Å². The van der Waals surface area contributed by atoms with Crippen molar-refractivity contribution in [3.05, 3.63) is 48.6 Å². The average Bonchev–Trinajstić information content (AvgIpc) is 3.18. The van der Waals surface area contributed by atoms with Gasteiger partial charge in [0.15, 0.2) is 0 Å². The molecular formula is C49H93NO7P+. The maximum atomic E-state index is 12.6. The van der Waals surface area contributed by atoms with E-state index in [9.17, 15) is 14.3 Å². The van der Waals surface area contributed by atoms with Gasteiger partial charge in [-0.3, -0.25) is 13.8 Å². The normalized spacial score (nSPS) is 14.1. The van der Waals surface area contributed by atoms with Crippen LogP contribution in [0.5, 0.6) is 0 Å². The van der Waals surface area contributed by atoms with Crippen LogP contribution in [0, 0.1) is 0 Å². The third kappa shape index (κ3) is 45.5. The Bertz CT molecular complexity index is 1070. The maximum absolute atomic E-state index is 12.6. The number of carbonyl (C=O) groups excluding carboxylic acids is 1. The lowest BCUT2D eigenvalue weighted by Gasteiger charge is -2.24. The highest BCUT2D eigenvalue weighted by atomic mass is 31.2. The molecule has 0 aromatic carbocycles. The third-order valence-corrected chi connectivity index (χ3v) is 11.1. The number of ether oxygens (including phenoxy) is 2. The fourth-order valence-corrected chi connectivity index (χ4v) is 7.23. The number of nitrogens with zero attached hydrogens (tertiary/aromatic N) is 1. The van der Waals surface area contributed by atoms with E-state index < -0.39 is 13.9 Å². The number of quaternary nitrogens is 1. The van der Waals surface area contributed by atoms with Crippen molar-refractivity contribution in [3.8, 4) is 0 Å². The van der Waals surface area contributed by atoms with E-state index in [0.717, 1.165) is 57.8 Å². The highest BCUT2D eigenvalue weighted by Gasteiger charge is 2.26. The lowest BCUT2D eigenvalue weighted by atomic mass is 10.0. The van der Waals surface area contributed by atoms with Gasteiger partial charge in [0, 0.05) is 13.0 Å². The van der Waals surface area contributed by atoms with E-state index in [-0.39, 0.29) is 25.8 Å². The van der Waals surface area contributed by atoms with Crippen LogP contribution in [0.4, 0.5) is 0 Å². The second kappa shape index (κ2) is 42.2. The standard InChI is InChI=1S/C49H92NO7P/c1-6-8-10-12-14-16-18-19-20-21-22-23-24-25-26-27-28-29-30-31-32-33-35-37-39-41-44-54-46-48(47-56-58(52,53)55-45-43-50(3,4)5)57-49(51)42-40-38-36-34-17-15-13-11-9-7-2/h8,10,14,16,19-20,22-23,48H,6-7,9,11-13,15,17-18,21,24-47H2,1-5H3/p+1/b10-8-,16-14-,20-19-,23-22-. The Morgan fingerprint density at radius 2 is 1.00 bits per heavy atom. The van der Waals surface area contributed by atoms with Gasteiger partial charge in [0.2, 0.25) is 0 Å². The SMILES string of the molecule is CC/C=C\C/C=C\C/C=C\C/C=C\CCCCCCCCCCCCCCCOCC(COP(=O)(O)OCC[N+](C)(C)C)OC(=O)CCCCCCCCCCCC. The Labute approximate surface area is 358 Å². The minimum absolute atomic E-state index is 0.0889. The van der Waals surface area contributed by atoms with E-state index in [1.165, 1.54) is 122 Å². The number of phosphoric ester groups is 1. The summed E-state index contributed by atoms with van der Waals surface area (Å²) >= 11 is 0. The molecule has 340 valence electrons. The molecule has 0 spiro atoms. The van der Waals surface area contributed by atoms with Gasteiger partial charge < -0.3 is 18.9 Å². The fraction of sp³-hybridized carbons (Fsp3) is 0.816. The van der Waals surface area contributed by atoms with Crippen molar-refractivity contribution in [2.75, 3.05) is 54.1 Å². The van der Waals surface area contributed by atoms with Crippen LogP contribution in [0.25, 0.3) is 0 Å². The van der Waals surface area contributed by atoms with Gasteiger partial charge in [-0.25, -0.2) is 4.57 Å². The minimum Gasteiger partial charge on any atom is -0.457 e. The summed E-state index contributed by atoms with van der Waals surface area (Å²) in [5.41, 5.74) is 0. The second-order valence-corrected chi connectivity index (χ2v) is 18.6. The van der Waals surface area contributed by atoms with E-state index in [4.69, 9.17) is 18.5 Å². The smallest absolute Gasteiger partial charge is 0.457 e. The van der Waals surface area contributed by atoms with E-state index >= 15 is 0 Å². The maximum Gasteiger partial charge on any atom is 0.472 e. The van der Waals surface area contributed by atoms with Gasteiger partial charge in [0.05, 0.1) is 34.4 Å². The summed E-state index contributed by atoms with van der Waals surface area (Å²) in [6.07, 6.45) is 51.6. The van der Waals surface area contributed by atoms with E-state index in [1.807, 2.05) is 21.1 Å². The van der Waals surface area contributed by atoms with Crippen molar-refractivity contribution >= 4 is 13.8 Å². The third-order valence-electron chi connectivity index (χ3n) is 10.2. The second-order valence-electron chi connectivity index (χ2n) is 17.1. The van der Waals surface area contributed by atoms with Crippen molar-refractivity contribution in [3.63, 3.8) is 0 Å². The molecule has 0 saturated carbocycles. The van der Waals surface area contributed by atoms with Crippen LogP contribution in [0.1, 0.15) is 200 Å². The summed E-state index contributed by atoms with van der Waals surface area (Å²) in [4.78, 5) is 22.8. The highest BCUT2D eigenvalue weighted by Crippen LogP contribution is 2.43. The molecule has 0 aromatic heterocycles. The van der Waals surface area contributed by atoms with Crippen molar-refractivity contribution < 1.29 is 37.3 Å². The molecule has 2 unspecified atom stereocenters. The molecule has 58 heavy (non-hydrogen) atoms. The van der Waals surface area contributed by atoms with Crippen LogP contribution in [0.3, 0.4) is 0 Å². The summed E-state index contributed by atoms with van der Waals surface area (Å²) < 4.78 is 35.0. The number of carbonyl (C=O) groups is 1. The first-order valence-corrected chi connectivity index (χ1v) is 25.4. The topological polar surface area (TPSA) is 91.3 Å². The number of esters is 1. The number of likely N-dealkylation sites (N-methyl/N-ethyl adjacent to an activating group) is 1. The Hall–Kier alpha value is -1.54. The monoisotopic (exact) mass is 839 g/mol. The Morgan fingerprint density at radius 3 is 1.50 bits per heavy atom. The predicted octanol–water partition coefficient (Wildman–Crippen LogP) is 14.3. The fourth-order valence-electron chi connectivity index (χ4n) is 6.49. The molecule has 0 radical (unpaired) electrons.